The summed E-state index contributed by atoms with van der Waals surface area (Å²) < 4.78 is 2.47. The predicted molar refractivity (Wildman–Crippen MR) is 102 cm³/mol. The number of nitro benzene ring substituents is 1. The fraction of sp³-hybridized carbons (Fsp3) is 0.0588. The van der Waals surface area contributed by atoms with Crippen LogP contribution in [0.4, 0.5) is 5.69 Å². The summed E-state index contributed by atoms with van der Waals surface area (Å²) >= 11 is 2.16. The van der Waals surface area contributed by atoms with Gasteiger partial charge in [0.15, 0.2) is 0 Å². The van der Waals surface area contributed by atoms with Gasteiger partial charge in [0.2, 0.25) is 0 Å². The molecular weight excluding hydrogens is 421 g/mol. The van der Waals surface area contributed by atoms with E-state index in [9.17, 15) is 14.9 Å². The molecule has 0 aliphatic carbocycles. The second-order valence-corrected chi connectivity index (χ2v) is 6.42. The van der Waals surface area contributed by atoms with E-state index in [1.54, 1.807) is 31.3 Å². The molecule has 7 heteroatoms. The molecule has 0 amide bonds. The van der Waals surface area contributed by atoms with Crippen LogP contribution in [0.3, 0.4) is 0 Å². The van der Waals surface area contributed by atoms with Gasteiger partial charge in [-0.25, -0.2) is 4.98 Å². The lowest BCUT2D eigenvalue weighted by molar-refractivity contribution is -0.384. The number of rotatable bonds is 3. The van der Waals surface area contributed by atoms with Crippen LogP contribution in [-0.2, 0) is 7.05 Å². The zero-order valence-electron chi connectivity index (χ0n) is 12.6. The van der Waals surface area contributed by atoms with E-state index in [1.807, 2.05) is 18.2 Å². The Labute approximate surface area is 150 Å². The predicted octanol–water partition coefficient (Wildman–Crippen LogP) is 3.62. The lowest BCUT2D eigenvalue weighted by Gasteiger charge is -2.06. The van der Waals surface area contributed by atoms with Crippen LogP contribution in [0.15, 0.2) is 47.3 Å². The van der Waals surface area contributed by atoms with Gasteiger partial charge >= 0.3 is 0 Å². The third-order valence-electron chi connectivity index (χ3n) is 3.60. The number of aromatic nitrogens is 2. The fourth-order valence-corrected chi connectivity index (χ4v) is 2.78. The van der Waals surface area contributed by atoms with Crippen LogP contribution in [0, 0.1) is 13.7 Å². The molecule has 0 aliphatic heterocycles. The van der Waals surface area contributed by atoms with E-state index < -0.39 is 4.92 Å². The molecule has 0 radical (unpaired) electrons. The molecular formula is C17H12IN3O3. The van der Waals surface area contributed by atoms with Crippen molar-refractivity contribution >= 4 is 51.3 Å². The van der Waals surface area contributed by atoms with Gasteiger partial charge in [0.25, 0.3) is 11.2 Å². The molecule has 3 rings (SSSR count). The molecule has 0 aliphatic rings. The molecule has 0 fully saturated rings. The van der Waals surface area contributed by atoms with Gasteiger partial charge in [-0.15, -0.1) is 0 Å². The Hall–Kier alpha value is -2.55. The topological polar surface area (TPSA) is 78.0 Å². The van der Waals surface area contributed by atoms with E-state index in [4.69, 9.17) is 0 Å². The van der Waals surface area contributed by atoms with Gasteiger partial charge in [0.05, 0.1) is 15.8 Å². The van der Waals surface area contributed by atoms with Crippen molar-refractivity contribution < 1.29 is 4.92 Å². The van der Waals surface area contributed by atoms with E-state index in [0.717, 1.165) is 9.13 Å². The van der Waals surface area contributed by atoms with Gasteiger partial charge in [-0.05, 0) is 64.6 Å². The van der Waals surface area contributed by atoms with Crippen LogP contribution >= 0.6 is 22.6 Å². The van der Waals surface area contributed by atoms with E-state index in [0.29, 0.717) is 16.7 Å². The smallest absolute Gasteiger partial charge is 0.269 e. The highest BCUT2D eigenvalue weighted by Crippen LogP contribution is 2.16. The van der Waals surface area contributed by atoms with Crippen LogP contribution in [0.25, 0.3) is 23.1 Å². The highest BCUT2D eigenvalue weighted by molar-refractivity contribution is 14.1. The van der Waals surface area contributed by atoms with Crippen molar-refractivity contribution in [2.24, 2.45) is 7.05 Å². The minimum absolute atomic E-state index is 0.0398. The lowest BCUT2D eigenvalue weighted by atomic mass is 10.2. The normalized spacial score (nSPS) is 11.2. The highest BCUT2D eigenvalue weighted by Gasteiger charge is 2.07. The first kappa shape index (κ1) is 16.3. The monoisotopic (exact) mass is 433 g/mol. The summed E-state index contributed by atoms with van der Waals surface area (Å²) in [5.41, 5.74) is 1.36. The molecule has 0 unspecified atom stereocenters. The van der Waals surface area contributed by atoms with Crippen molar-refractivity contribution in [1.29, 1.82) is 0 Å². The van der Waals surface area contributed by atoms with Crippen LogP contribution in [0.1, 0.15) is 11.4 Å². The van der Waals surface area contributed by atoms with Gasteiger partial charge in [-0.2, -0.15) is 0 Å². The summed E-state index contributed by atoms with van der Waals surface area (Å²) in [5, 5.41) is 11.2. The molecule has 1 heterocycles. The van der Waals surface area contributed by atoms with Gasteiger partial charge < -0.3 is 0 Å². The molecule has 0 saturated carbocycles. The second kappa shape index (κ2) is 6.52. The first-order valence-corrected chi connectivity index (χ1v) is 8.12. The molecule has 0 spiro atoms. The Morgan fingerprint density at radius 1 is 1.17 bits per heavy atom. The summed E-state index contributed by atoms with van der Waals surface area (Å²) in [7, 11) is 1.67. The molecule has 1 aromatic heterocycles. The number of non-ortho nitro benzene ring substituents is 1. The Bertz CT molecular complexity index is 1020. The number of halogens is 1. The van der Waals surface area contributed by atoms with E-state index in [-0.39, 0.29) is 11.2 Å². The largest absolute Gasteiger partial charge is 0.296 e. The maximum atomic E-state index is 12.4. The summed E-state index contributed by atoms with van der Waals surface area (Å²) in [6.07, 6.45) is 3.49. The average Bonchev–Trinajstić information content (AvgIpc) is 2.58. The maximum absolute atomic E-state index is 12.4. The third-order valence-corrected chi connectivity index (χ3v) is 4.27. The standard InChI is InChI=1S/C17H12IN3O3/c1-20-16(9-4-11-2-6-13(7-3-11)21(23)24)19-15-8-5-12(18)10-14(15)17(20)22/h2-10H,1H3/b9-4+. The van der Waals surface area contributed by atoms with Crippen molar-refractivity contribution in [1.82, 2.24) is 9.55 Å². The average molecular weight is 433 g/mol. The number of benzene rings is 2. The Kier molecular flexibility index (Phi) is 4.43. The summed E-state index contributed by atoms with van der Waals surface area (Å²) in [6.45, 7) is 0. The lowest BCUT2D eigenvalue weighted by Crippen LogP contribution is -2.20. The Balaban J connectivity index is 2.00. The minimum Gasteiger partial charge on any atom is -0.296 e. The molecule has 120 valence electrons. The molecule has 0 bridgehead atoms. The van der Waals surface area contributed by atoms with E-state index in [2.05, 4.69) is 27.6 Å². The second-order valence-electron chi connectivity index (χ2n) is 5.18. The molecule has 0 N–H and O–H groups in total. The van der Waals surface area contributed by atoms with Gasteiger partial charge in [0, 0.05) is 22.8 Å². The van der Waals surface area contributed by atoms with Crippen molar-refractivity contribution in [2.75, 3.05) is 0 Å². The number of hydrogen-bond acceptors (Lipinski definition) is 4. The molecule has 0 saturated heterocycles. The zero-order chi connectivity index (χ0) is 17.3. The number of hydrogen-bond donors (Lipinski definition) is 0. The number of fused-ring (bicyclic) bond motifs is 1. The maximum Gasteiger partial charge on any atom is 0.269 e. The minimum atomic E-state index is -0.441. The zero-order valence-corrected chi connectivity index (χ0v) is 14.8. The van der Waals surface area contributed by atoms with Gasteiger partial charge in [-0.1, -0.05) is 6.08 Å². The van der Waals surface area contributed by atoms with Crippen molar-refractivity contribution in [2.45, 2.75) is 0 Å². The van der Waals surface area contributed by atoms with Crippen LogP contribution in [0.2, 0.25) is 0 Å². The van der Waals surface area contributed by atoms with Crippen molar-refractivity contribution in [3.8, 4) is 0 Å². The summed E-state index contributed by atoms with van der Waals surface area (Å²) in [4.78, 5) is 27.2. The van der Waals surface area contributed by atoms with Crippen LogP contribution in [0.5, 0.6) is 0 Å². The quantitative estimate of drug-likeness (QED) is 0.359. The van der Waals surface area contributed by atoms with Crippen LogP contribution in [-0.4, -0.2) is 14.5 Å². The molecule has 24 heavy (non-hydrogen) atoms. The number of nitro groups is 1. The van der Waals surface area contributed by atoms with Crippen LogP contribution < -0.4 is 5.56 Å². The number of nitrogens with zero attached hydrogens (tertiary/aromatic N) is 3. The molecule has 2 aromatic carbocycles. The fourth-order valence-electron chi connectivity index (χ4n) is 2.29. The molecule has 6 nitrogen and oxygen atoms in total. The SMILES string of the molecule is Cn1c(/C=C/c2ccc([N+](=O)[O-])cc2)nc2ccc(I)cc2c1=O. The van der Waals surface area contributed by atoms with Crippen molar-refractivity contribution in [3.63, 3.8) is 0 Å². The van der Waals surface area contributed by atoms with Crippen molar-refractivity contribution in [3.05, 3.63) is 77.9 Å². The first-order valence-electron chi connectivity index (χ1n) is 7.04. The van der Waals surface area contributed by atoms with Gasteiger partial charge in [-0.3, -0.25) is 19.5 Å². The molecule has 3 aromatic rings. The Morgan fingerprint density at radius 2 is 1.88 bits per heavy atom. The van der Waals surface area contributed by atoms with Gasteiger partial charge in [0.1, 0.15) is 5.82 Å². The Morgan fingerprint density at radius 3 is 2.54 bits per heavy atom. The first-order chi connectivity index (χ1) is 11.5. The van der Waals surface area contributed by atoms with E-state index >= 15 is 0 Å². The third kappa shape index (κ3) is 3.21. The summed E-state index contributed by atoms with van der Waals surface area (Å²) in [5.74, 6) is 0.520. The van der Waals surface area contributed by atoms with E-state index in [1.165, 1.54) is 16.7 Å². The molecule has 0 atom stereocenters. The highest BCUT2D eigenvalue weighted by atomic mass is 127. The summed E-state index contributed by atoms with van der Waals surface area (Å²) in [6, 6.07) is 11.7.